The first-order valence-electron chi connectivity index (χ1n) is 9.88. The quantitative estimate of drug-likeness (QED) is 0.794. The highest BCUT2D eigenvalue weighted by molar-refractivity contribution is 5.35. The van der Waals surface area contributed by atoms with E-state index in [4.69, 9.17) is 4.74 Å². The third kappa shape index (κ3) is 4.00. The van der Waals surface area contributed by atoms with Crippen LogP contribution in [-0.4, -0.2) is 46.2 Å². The Kier molecular flexibility index (Phi) is 5.43. The number of aromatic nitrogens is 3. The van der Waals surface area contributed by atoms with Crippen LogP contribution in [-0.2, 0) is 17.7 Å². The van der Waals surface area contributed by atoms with Crippen LogP contribution in [0.5, 0.6) is 5.75 Å². The molecule has 6 nitrogen and oxygen atoms in total. The molecule has 1 N–H and O–H groups in total. The second kappa shape index (κ2) is 8.13. The summed E-state index contributed by atoms with van der Waals surface area (Å²) in [5.74, 6) is 3.62. The van der Waals surface area contributed by atoms with Gasteiger partial charge in [0.1, 0.15) is 11.6 Å². The van der Waals surface area contributed by atoms with Crippen LogP contribution in [0.3, 0.4) is 0 Å². The zero-order valence-electron chi connectivity index (χ0n) is 15.8. The summed E-state index contributed by atoms with van der Waals surface area (Å²) in [6.07, 6.45) is 6.13. The molecule has 1 aromatic heterocycles. The Morgan fingerprint density at radius 1 is 1.19 bits per heavy atom. The van der Waals surface area contributed by atoms with Crippen molar-refractivity contribution in [3.63, 3.8) is 0 Å². The lowest BCUT2D eigenvalue weighted by Crippen LogP contribution is -2.38. The van der Waals surface area contributed by atoms with Crippen LogP contribution in [0.4, 0.5) is 5.95 Å². The molecule has 6 heteroatoms. The predicted octanol–water partition coefficient (Wildman–Crippen LogP) is 3.01. The van der Waals surface area contributed by atoms with Crippen LogP contribution in [0.2, 0.25) is 0 Å². The van der Waals surface area contributed by atoms with Crippen LogP contribution in [0.25, 0.3) is 0 Å². The SMILES string of the molecule is C=CCn1c(Cc2cccc(O)c2)nnc1N1CCC(C2CCOC2)CC1. The lowest BCUT2D eigenvalue weighted by Gasteiger charge is -2.34. The van der Waals surface area contributed by atoms with Crippen LogP contribution in [0.1, 0.15) is 30.7 Å². The highest BCUT2D eigenvalue weighted by atomic mass is 16.5. The molecular formula is C21H28N4O2. The number of hydrogen-bond acceptors (Lipinski definition) is 5. The standard InChI is InChI=1S/C21H28N4O2/c1-2-9-25-20(14-16-4-3-5-19(26)13-16)22-23-21(25)24-10-6-17(7-11-24)18-8-12-27-15-18/h2-5,13,17-18,26H,1,6-12,14-15H2. The third-order valence-corrected chi connectivity index (χ3v) is 5.85. The molecule has 0 spiro atoms. The van der Waals surface area contributed by atoms with Crippen molar-refractivity contribution in [2.75, 3.05) is 31.2 Å². The molecule has 0 aliphatic carbocycles. The van der Waals surface area contributed by atoms with Gasteiger partial charge in [-0.15, -0.1) is 16.8 Å². The van der Waals surface area contributed by atoms with Gasteiger partial charge in [0.05, 0.1) is 0 Å². The zero-order valence-corrected chi connectivity index (χ0v) is 15.8. The number of allylic oxidation sites excluding steroid dienone is 1. The molecule has 0 bridgehead atoms. The summed E-state index contributed by atoms with van der Waals surface area (Å²) in [6.45, 7) is 8.48. The molecule has 2 aliphatic rings. The van der Waals surface area contributed by atoms with E-state index in [1.165, 1.54) is 19.3 Å². The first-order chi connectivity index (χ1) is 13.2. The highest BCUT2D eigenvalue weighted by Crippen LogP contribution is 2.32. The van der Waals surface area contributed by atoms with Gasteiger partial charge in [-0.3, -0.25) is 4.57 Å². The van der Waals surface area contributed by atoms with Crippen molar-refractivity contribution in [3.05, 3.63) is 48.3 Å². The van der Waals surface area contributed by atoms with Gasteiger partial charge in [-0.25, -0.2) is 0 Å². The van der Waals surface area contributed by atoms with Gasteiger partial charge >= 0.3 is 0 Å². The number of hydrogen-bond donors (Lipinski definition) is 1. The molecular weight excluding hydrogens is 340 g/mol. The lowest BCUT2D eigenvalue weighted by molar-refractivity contribution is 0.164. The summed E-state index contributed by atoms with van der Waals surface area (Å²) < 4.78 is 7.72. The Morgan fingerprint density at radius 3 is 2.74 bits per heavy atom. The van der Waals surface area contributed by atoms with E-state index in [9.17, 15) is 5.11 Å². The van der Waals surface area contributed by atoms with Gasteiger partial charge in [0, 0.05) is 39.3 Å². The molecule has 1 unspecified atom stereocenters. The summed E-state index contributed by atoms with van der Waals surface area (Å²) in [5.41, 5.74) is 1.03. The number of aromatic hydroxyl groups is 1. The van der Waals surface area contributed by atoms with E-state index in [-0.39, 0.29) is 5.75 Å². The minimum absolute atomic E-state index is 0.278. The monoisotopic (exact) mass is 368 g/mol. The van der Waals surface area contributed by atoms with Gasteiger partial charge in [0.2, 0.25) is 5.95 Å². The second-order valence-electron chi connectivity index (χ2n) is 7.61. The smallest absolute Gasteiger partial charge is 0.227 e. The van der Waals surface area contributed by atoms with Crippen molar-refractivity contribution in [1.82, 2.24) is 14.8 Å². The summed E-state index contributed by atoms with van der Waals surface area (Å²) in [7, 11) is 0. The Hall–Kier alpha value is -2.34. The Morgan fingerprint density at radius 2 is 2.04 bits per heavy atom. The van der Waals surface area contributed by atoms with Crippen LogP contribution in [0, 0.1) is 11.8 Å². The van der Waals surface area contributed by atoms with Crippen molar-refractivity contribution < 1.29 is 9.84 Å². The first kappa shape index (κ1) is 18.0. The highest BCUT2D eigenvalue weighted by Gasteiger charge is 2.30. The number of phenols is 1. The predicted molar refractivity (Wildman–Crippen MR) is 105 cm³/mol. The van der Waals surface area contributed by atoms with E-state index < -0.39 is 0 Å². The molecule has 0 amide bonds. The van der Waals surface area contributed by atoms with Crippen molar-refractivity contribution in [3.8, 4) is 5.75 Å². The summed E-state index contributed by atoms with van der Waals surface area (Å²) in [6, 6.07) is 7.32. The average molecular weight is 368 g/mol. The maximum Gasteiger partial charge on any atom is 0.227 e. The molecule has 1 atom stereocenters. The van der Waals surface area contributed by atoms with Gasteiger partial charge in [-0.05, 0) is 48.8 Å². The van der Waals surface area contributed by atoms with Crippen molar-refractivity contribution in [2.45, 2.75) is 32.2 Å². The normalized spacial score (nSPS) is 20.9. The summed E-state index contributed by atoms with van der Waals surface area (Å²) >= 11 is 0. The average Bonchev–Trinajstić information content (AvgIpc) is 3.34. The summed E-state index contributed by atoms with van der Waals surface area (Å²) in [4.78, 5) is 2.36. The fourth-order valence-corrected chi connectivity index (χ4v) is 4.35. The van der Waals surface area contributed by atoms with Gasteiger partial charge in [0.15, 0.2) is 0 Å². The molecule has 27 heavy (non-hydrogen) atoms. The van der Waals surface area contributed by atoms with Crippen molar-refractivity contribution in [1.29, 1.82) is 0 Å². The molecule has 0 saturated carbocycles. The minimum atomic E-state index is 0.278. The number of benzene rings is 1. The Labute approximate surface area is 160 Å². The first-order valence-corrected chi connectivity index (χ1v) is 9.88. The topological polar surface area (TPSA) is 63.4 Å². The molecule has 1 aromatic carbocycles. The van der Waals surface area contributed by atoms with E-state index in [2.05, 4.69) is 26.2 Å². The number of ether oxygens (including phenoxy) is 1. The van der Waals surface area contributed by atoms with Crippen LogP contribution < -0.4 is 4.90 Å². The maximum absolute atomic E-state index is 9.71. The van der Waals surface area contributed by atoms with Crippen LogP contribution >= 0.6 is 0 Å². The van der Waals surface area contributed by atoms with Crippen molar-refractivity contribution >= 4 is 5.95 Å². The van der Waals surface area contributed by atoms with E-state index in [1.54, 1.807) is 12.1 Å². The molecule has 2 saturated heterocycles. The molecule has 0 radical (unpaired) electrons. The molecule has 3 heterocycles. The lowest BCUT2D eigenvalue weighted by atomic mass is 9.84. The van der Waals surface area contributed by atoms with Gasteiger partial charge < -0.3 is 14.7 Å². The number of nitrogens with zero attached hydrogens (tertiary/aromatic N) is 4. The van der Waals surface area contributed by atoms with Gasteiger partial charge in [-0.1, -0.05) is 18.2 Å². The molecule has 2 aromatic rings. The van der Waals surface area contributed by atoms with Crippen molar-refractivity contribution in [2.24, 2.45) is 11.8 Å². The Balaban J connectivity index is 1.48. The van der Waals surface area contributed by atoms with E-state index in [1.807, 2.05) is 18.2 Å². The number of piperidine rings is 1. The van der Waals surface area contributed by atoms with Gasteiger partial charge in [0.25, 0.3) is 0 Å². The van der Waals surface area contributed by atoms with Gasteiger partial charge in [-0.2, -0.15) is 0 Å². The van der Waals surface area contributed by atoms with Crippen LogP contribution in [0.15, 0.2) is 36.9 Å². The Bertz CT molecular complexity index is 774. The van der Waals surface area contributed by atoms with E-state index >= 15 is 0 Å². The fourth-order valence-electron chi connectivity index (χ4n) is 4.35. The maximum atomic E-state index is 9.71. The largest absolute Gasteiger partial charge is 0.508 e. The van der Waals surface area contributed by atoms with E-state index in [0.29, 0.717) is 13.0 Å². The number of anilines is 1. The zero-order chi connectivity index (χ0) is 18.6. The van der Waals surface area contributed by atoms with E-state index in [0.717, 1.165) is 55.5 Å². The fraction of sp³-hybridized carbons (Fsp3) is 0.524. The number of rotatable bonds is 6. The second-order valence-corrected chi connectivity index (χ2v) is 7.61. The molecule has 2 fully saturated rings. The molecule has 144 valence electrons. The summed E-state index contributed by atoms with van der Waals surface area (Å²) in [5, 5.41) is 18.7. The minimum Gasteiger partial charge on any atom is -0.508 e. The molecule has 2 aliphatic heterocycles. The third-order valence-electron chi connectivity index (χ3n) is 5.85. The number of phenolic OH excluding ortho intramolecular Hbond substituents is 1. The molecule has 4 rings (SSSR count).